The van der Waals surface area contributed by atoms with Crippen LogP contribution in [0.3, 0.4) is 0 Å². The molecule has 0 amide bonds. The van der Waals surface area contributed by atoms with E-state index in [9.17, 15) is 0 Å². The summed E-state index contributed by atoms with van der Waals surface area (Å²) in [7, 11) is 2.06. The fourth-order valence-corrected chi connectivity index (χ4v) is 4.08. The molecular formula is C17H21BrN2. The maximum Gasteiger partial charge on any atom is 0.0624 e. The molecule has 0 saturated carbocycles. The highest BCUT2D eigenvalue weighted by Gasteiger charge is 2.28. The number of benzene rings is 1. The lowest BCUT2D eigenvalue weighted by atomic mass is 9.81. The molecule has 1 aliphatic carbocycles. The van der Waals surface area contributed by atoms with Crippen LogP contribution in [0.1, 0.15) is 40.7 Å². The molecule has 2 nitrogen and oxygen atoms in total. The second kappa shape index (κ2) is 5.72. The van der Waals surface area contributed by atoms with Crippen molar-refractivity contribution in [2.24, 2.45) is 13.0 Å². The SMILES string of the molecule is CCc1cc(CC2CCc3ccccc3C2Br)n(C)n1. The Labute approximate surface area is 129 Å². The van der Waals surface area contributed by atoms with Gasteiger partial charge in [0.25, 0.3) is 0 Å². The molecule has 0 spiro atoms. The van der Waals surface area contributed by atoms with Gasteiger partial charge in [0.15, 0.2) is 0 Å². The summed E-state index contributed by atoms with van der Waals surface area (Å²) >= 11 is 3.93. The molecule has 0 saturated heterocycles. The average Bonchev–Trinajstić information content (AvgIpc) is 2.83. The zero-order valence-corrected chi connectivity index (χ0v) is 13.7. The first-order valence-electron chi connectivity index (χ1n) is 7.42. The van der Waals surface area contributed by atoms with Gasteiger partial charge in [-0.1, -0.05) is 47.1 Å². The third kappa shape index (κ3) is 2.56. The van der Waals surface area contributed by atoms with Crippen LogP contribution in [0.5, 0.6) is 0 Å². The second-order valence-electron chi connectivity index (χ2n) is 5.71. The lowest BCUT2D eigenvalue weighted by molar-refractivity contribution is 0.440. The van der Waals surface area contributed by atoms with Gasteiger partial charge in [0.1, 0.15) is 0 Å². The van der Waals surface area contributed by atoms with E-state index in [2.05, 4.69) is 70.0 Å². The van der Waals surface area contributed by atoms with Gasteiger partial charge < -0.3 is 0 Å². The van der Waals surface area contributed by atoms with Gasteiger partial charge in [0.2, 0.25) is 0 Å². The van der Waals surface area contributed by atoms with Crippen molar-refractivity contribution in [3.8, 4) is 0 Å². The van der Waals surface area contributed by atoms with Crippen molar-refractivity contribution in [2.45, 2.75) is 37.4 Å². The number of fused-ring (bicyclic) bond motifs is 1. The van der Waals surface area contributed by atoms with Crippen molar-refractivity contribution in [1.82, 2.24) is 9.78 Å². The van der Waals surface area contributed by atoms with E-state index >= 15 is 0 Å². The predicted molar refractivity (Wildman–Crippen MR) is 86.2 cm³/mol. The monoisotopic (exact) mass is 332 g/mol. The largest absolute Gasteiger partial charge is 0.272 e. The van der Waals surface area contributed by atoms with Crippen LogP contribution >= 0.6 is 15.9 Å². The molecule has 2 unspecified atom stereocenters. The fourth-order valence-electron chi connectivity index (χ4n) is 3.18. The number of hydrogen-bond donors (Lipinski definition) is 0. The Morgan fingerprint density at radius 3 is 2.90 bits per heavy atom. The first-order valence-corrected chi connectivity index (χ1v) is 8.34. The number of rotatable bonds is 3. The quantitative estimate of drug-likeness (QED) is 0.769. The van der Waals surface area contributed by atoms with Crippen LogP contribution in [0.2, 0.25) is 0 Å². The van der Waals surface area contributed by atoms with Crippen LogP contribution in [0.15, 0.2) is 30.3 Å². The zero-order valence-electron chi connectivity index (χ0n) is 12.1. The molecule has 2 atom stereocenters. The number of aryl methyl sites for hydroxylation is 3. The van der Waals surface area contributed by atoms with E-state index in [0.717, 1.165) is 12.8 Å². The van der Waals surface area contributed by atoms with Gasteiger partial charge in [-0.25, -0.2) is 0 Å². The molecule has 1 aromatic carbocycles. The molecule has 1 aliphatic rings. The second-order valence-corrected chi connectivity index (χ2v) is 6.69. The topological polar surface area (TPSA) is 17.8 Å². The van der Waals surface area contributed by atoms with Crippen molar-refractivity contribution < 1.29 is 0 Å². The van der Waals surface area contributed by atoms with Gasteiger partial charge >= 0.3 is 0 Å². The summed E-state index contributed by atoms with van der Waals surface area (Å²) in [5.41, 5.74) is 5.53. The molecule has 0 aliphatic heterocycles. The normalized spacial score (nSPS) is 21.8. The molecule has 1 aromatic heterocycles. The minimum absolute atomic E-state index is 0.465. The molecule has 0 fully saturated rings. The first-order chi connectivity index (χ1) is 9.69. The van der Waals surface area contributed by atoms with Crippen LogP contribution < -0.4 is 0 Å². The molecule has 0 bridgehead atoms. The molecular weight excluding hydrogens is 312 g/mol. The maximum absolute atomic E-state index is 4.57. The zero-order chi connectivity index (χ0) is 14.1. The van der Waals surface area contributed by atoms with Gasteiger partial charge in [-0.3, -0.25) is 4.68 Å². The number of halogens is 1. The highest BCUT2D eigenvalue weighted by atomic mass is 79.9. The lowest BCUT2D eigenvalue weighted by Crippen LogP contribution is -2.20. The Balaban J connectivity index is 1.80. The first kappa shape index (κ1) is 13.9. The molecule has 0 radical (unpaired) electrons. The molecule has 1 heterocycles. The van der Waals surface area contributed by atoms with Crippen LogP contribution in [-0.4, -0.2) is 9.78 Å². The average molecular weight is 333 g/mol. The van der Waals surface area contributed by atoms with Crippen molar-refractivity contribution in [3.63, 3.8) is 0 Å². The standard InChI is InChI=1S/C17H21BrN2/c1-3-14-11-15(20(2)19-14)10-13-9-8-12-6-4-5-7-16(12)17(13)18/h4-7,11,13,17H,3,8-10H2,1-2H3. The fraction of sp³-hybridized carbons (Fsp3) is 0.471. The maximum atomic E-state index is 4.57. The third-order valence-electron chi connectivity index (χ3n) is 4.41. The Bertz CT molecular complexity index is 603. The van der Waals surface area contributed by atoms with Crippen LogP contribution in [0.4, 0.5) is 0 Å². The van der Waals surface area contributed by atoms with Crippen LogP contribution in [0.25, 0.3) is 0 Å². The Hall–Kier alpha value is -1.09. The predicted octanol–water partition coefficient (Wildman–Crippen LogP) is 4.22. The molecule has 0 N–H and O–H groups in total. The van der Waals surface area contributed by atoms with Gasteiger partial charge in [0, 0.05) is 17.6 Å². The summed E-state index contributed by atoms with van der Waals surface area (Å²) in [6, 6.07) is 11.1. The van der Waals surface area contributed by atoms with Gasteiger partial charge in [0.05, 0.1) is 5.69 Å². The lowest BCUT2D eigenvalue weighted by Gasteiger charge is -2.30. The van der Waals surface area contributed by atoms with Gasteiger partial charge in [-0.2, -0.15) is 5.10 Å². The Kier molecular flexibility index (Phi) is 3.97. The molecule has 106 valence electrons. The summed E-state index contributed by atoms with van der Waals surface area (Å²) in [6.07, 6.45) is 4.56. The summed E-state index contributed by atoms with van der Waals surface area (Å²) in [4.78, 5) is 0.465. The van der Waals surface area contributed by atoms with Crippen LogP contribution in [0, 0.1) is 5.92 Å². The van der Waals surface area contributed by atoms with E-state index in [0.29, 0.717) is 10.7 Å². The minimum atomic E-state index is 0.465. The van der Waals surface area contributed by atoms with Crippen molar-refractivity contribution in [1.29, 1.82) is 0 Å². The number of alkyl halides is 1. The van der Waals surface area contributed by atoms with E-state index in [1.807, 2.05) is 0 Å². The number of hydrogen-bond acceptors (Lipinski definition) is 1. The summed E-state index contributed by atoms with van der Waals surface area (Å²) in [5.74, 6) is 0.657. The molecule has 2 aromatic rings. The molecule has 20 heavy (non-hydrogen) atoms. The summed E-state index contributed by atoms with van der Waals surface area (Å²) in [5, 5.41) is 4.57. The highest BCUT2D eigenvalue weighted by Crippen LogP contribution is 2.41. The van der Waals surface area contributed by atoms with E-state index < -0.39 is 0 Å². The minimum Gasteiger partial charge on any atom is -0.272 e. The summed E-state index contributed by atoms with van der Waals surface area (Å²) < 4.78 is 2.05. The highest BCUT2D eigenvalue weighted by molar-refractivity contribution is 9.09. The summed E-state index contributed by atoms with van der Waals surface area (Å²) in [6.45, 7) is 2.16. The smallest absolute Gasteiger partial charge is 0.0624 e. The third-order valence-corrected chi connectivity index (χ3v) is 5.65. The number of aromatic nitrogens is 2. The van der Waals surface area contributed by atoms with Gasteiger partial charge in [-0.15, -0.1) is 0 Å². The van der Waals surface area contributed by atoms with Crippen LogP contribution in [-0.2, 0) is 26.3 Å². The number of nitrogens with zero attached hydrogens (tertiary/aromatic N) is 2. The van der Waals surface area contributed by atoms with Crippen molar-refractivity contribution in [3.05, 3.63) is 52.8 Å². The van der Waals surface area contributed by atoms with Crippen molar-refractivity contribution in [2.75, 3.05) is 0 Å². The Morgan fingerprint density at radius 2 is 2.15 bits per heavy atom. The molecule has 3 heteroatoms. The Morgan fingerprint density at radius 1 is 1.35 bits per heavy atom. The van der Waals surface area contributed by atoms with E-state index in [4.69, 9.17) is 0 Å². The van der Waals surface area contributed by atoms with E-state index in [1.54, 1.807) is 0 Å². The van der Waals surface area contributed by atoms with E-state index in [-0.39, 0.29) is 0 Å². The molecule has 3 rings (SSSR count). The van der Waals surface area contributed by atoms with Gasteiger partial charge in [-0.05, 0) is 48.8 Å². The van der Waals surface area contributed by atoms with E-state index in [1.165, 1.54) is 35.4 Å². The van der Waals surface area contributed by atoms with Crippen molar-refractivity contribution >= 4 is 15.9 Å².